The van der Waals surface area contributed by atoms with E-state index in [0.29, 0.717) is 22.4 Å². The lowest BCUT2D eigenvalue weighted by Gasteiger charge is -2.07. The lowest BCUT2D eigenvalue weighted by molar-refractivity contribution is 0.103. The second-order valence-electron chi connectivity index (χ2n) is 4.30. The lowest BCUT2D eigenvalue weighted by atomic mass is 10.0. The summed E-state index contributed by atoms with van der Waals surface area (Å²) < 4.78 is 19.7. The Morgan fingerprint density at radius 1 is 1.20 bits per heavy atom. The highest BCUT2D eigenvalue weighted by Crippen LogP contribution is 2.23. The Morgan fingerprint density at radius 3 is 2.50 bits per heavy atom. The molecule has 0 aliphatic rings. The van der Waals surface area contributed by atoms with Crippen molar-refractivity contribution in [1.29, 1.82) is 0 Å². The van der Waals surface area contributed by atoms with Crippen molar-refractivity contribution in [1.82, 2.24) is 0 Å². The van der Waals surface area contributed by atoms with Gasteiger partial charge in [0, 0.05) is 10.0 Å². The molecule has 2 aromatic rings. The number of ketones is 1. The quantitative estimate of drug-likeness (QED) is 0.745. The fourth-order valence-corrected chi connectivity index (χ4v) is 2.30. The molecule has 0 radical (unpaired) electrons. The van der Waals surface area contributed by atoms with Crippen molar-refractivity contribution in [2.45, 2.75) is 13.3 Å². The molecule has 0 atom stereocenters. The SMILES string of the molecule is CCCOc1ccc(C(=O)c2c(F)cccc2Br)cc1. The number of halogens is 2. The summed E-state index contributed by atoms with van der Waals surface area (Å²) in [7, 11) is 0. The van der Waals surface area contributed by atoms with Gasteiger partial charge >= 0.3 is 0 Å². The van der Waals surface area contributed by atoms with Crippen LogP contribution in [0.3, 0.4) is 0 Å². The maximum atomic E-state index is 13.8. The summed E-state index contributed by atoms with van der Waals surface area (Å²) in [5, 5.41) is 0. The molecule has 0 saturated carbocycles. The molecule has 0 spiro atoms. The molecule has 0 heterocycles. The minimum absolute atomic E-state index is 0.0507. The highest BCUT2D eigenvalue weighted by Gasteiger charge is 2.17. The van der Waals surface area contributed by atoms with E-state index in [1.165, 1.54) is 6.07 Å². The third-order valence-electron chi connectivity index (χ3n) is 2.78. The Balaban J connectivity index is 2.25. The van der Waals surface area contributed by atoms with Crippen LogP contribution in [0.1, 0.15) is 29.3 Å². The standard InChI is InChI=1S/C16H14BrFO2/c1-2-10-20-12-8-6-11(7-9-12)16(19)15-13(17)4-3-5-14(15)18/h3-9H,2,10H2,1H3. The van der Waals surface area contributed by atoms with E-state index in [0.717, 1.165) is 6.42 Å². The van der Waals surface area contributed by atoms with Gasteiger partial charge in [-0.05, 0) is 58.7 Å². The highest BCUT2D eigenvalue weighted by molar-refractivity contribution is 9.10. The summed E-state index contributed by atoms with van der Waals surface area (Å²) in [5.41, 5.74) is 0.481. The van der Waals surface area contributed by atoms with Crippen molar-refractivity contribution in [3.8, 4) is 5.75 Å². The highest BCUT2D eigenvalue weighted by atomic mass is 79.9. The number of carbonyl (C=O) groups excluding carboxylic acids is 1. The Kier molecular flexibility index (Phi) is 4.90. The predicted octanol–water partition coefficient (Wildman–Crippen LogP) is 4.61. The molecule has 20 heavy (non-hydrogen) atoms. The molecule has 104 valence electrons. The van der Waals surface area contributed by atoms with Gasteiger partial charge in [0.05, 0.1) is 12.2 Å². The second-order valence-corrected chi connectivity index (χ2v) is 5.15. The monoisotopic (exact) mass is 336 g/mol. The number of hydrogen-bond donors (Lipinski definition) is 0. The Labute approximate surface area is 125 Å². The van der Waals surface area contributed by atoms with E-state index in [-0.39, 0.29) is 11.3 Å². The fraction of sp³-hybridized carbons (Fsp3) is 0.188. The van der Waals surface area contributed by atoms with Gasteiger partial charge in [0.15, 0.2) is 5.78 Å². The van der Waals surface area contributed by atoms with Crippen molar-refractivity contribution >= 4 is 21.7 Å². The van der Waals surface area contributed by atoms with E-state index in [4.69, 9.17) is 4.74 Å². The third kappa shape index (κ3) is 3.25. The summed E-state index contributed by atoms with van der Waals surface area (Å²) >= 11 is 3.21. The van der Waals surface area contributed by atoms with Gasteiger partial charge in [0.25, 0.3) is 0 Å². The van der Waals surface area contributed by atoms with Gasteiger partial charge in [0.2, 0.25) is 0 Å². The number of rotatable bonds is 5. The summed E-state index contributed by atoms with van der Waals surface area (Å²) in [6, 6.07) is 11.2. The van der Waals surface area contributed by atoms with Crippen molar-refractivity contribution in [2.24, 2.45) is 0 Å². The van der Waals surface area contributed by atoms with Crippen molar-refractivity contribution < 1.29 is 13.9 Å². The van der Waals surface area contributed by atoms with Crippen LogP contribution in [0.15, 0.2) is 46.9 Å². The van der Waals surface area contributed by atoms with Crippen LogP contribution in [-0.4, -0.2) is 12.4 Å². The molecule has 0 aliphatic heterocycles. The molecular formula is C16H14BrFO2. The van der Waals surface area contributed by atoms with E-state index >= 15 is 0 Å². The molecule has 2 aromatic carbocycles. The summed E-state index contributed by atoms with van der Waals surface area (Å²) in [4.78, 5) is 12.3. The molecule has 0 unspecified atom stereocenters. The Bertz CT molecular complexity index is 588. The molecular weight excluding hydrogens is 323 g/mol. The first-order chi connectivity index (χ1) is 9.63. The van der Waals surface area contributed by atoms with E-state index in [1.54, 1.807) is 36.4 Å². The fourth-order valence-electron chi connectivity index (χ4n) is 1.78. The molecule has 0 amide bonds. The van der Waals surface area contributed by atoms with Gasteiger partial charge in [-0.25, -0.2) is 4.39 Å². The van der Waals surface area contributed by atoms with Crippen molar-refractivity contribution in [3.05, 3.63) is 63.9 Å². The van der Waals surface area contributed by atoms with Gasteiger partial charge < -0.3 is 4.74 Å². The average molecular weight is 337 g/mol. The van der Waals surface area contributed by atoms with Crippen molar-refractivity contribution in [3.63, 3.8) is 0 Å². The number of benzene rings is 2. The van der Waals surface area contributed by atoms with Gasteiger partial charge in [-0.3, -0.25) is 4.79 Å². The molecule has 4 heteroatoms. The van der Waals surface area contributed by atoms with E-state index in [1.807, 2.05) is 6.92 Å². The van der Waals surface area contributed by atoms with Crippen molar-refractivity contribution in [2.75, 3.05) is 6.61 Å². The van der Waals surface area contributed by atoms with Crippen LogP contribution in [0.5, 0.6) is 5.75 Å². The Hall–Kier alpha value is -1.68. The minimum Gasteiger partial charge on any atom is -0.494 e. The molecule has 0 aliphatic carbocycles. The average Bonchev–Trinajstić information content (AvgIpc) is 2.45. The third-order valence-corrected chi connectivity index (χ3v) is 3.44. The molecule has 0 aromatic heterocycles. The van der Waals surface area contributed by atoms with Crippen LogP contribution in [0, 0.1) is 5.82 Å². The smallest absolute Gasteiger partial charge is 0.197 e. The van der Waals surface area contributed by atoms with E-state index in [9.17, 15) is 9.18 Å². The van der Waals surface area contributed by atoms with E-state index < -0.39 is 5.82 Å². The van der Waals surface area contributed by atoms with E-state index in [2.05, 4.69) is 15.9 Å². The molecule has 0 saturated heterocycles. The summed E-state index contributed by atoms with van der Waals surface area (Å²) in [6.45, 7) is 2.65. The Morgan fingerprint density at radius 2 is 1.90 bits per heavy atom. The topological polar surface area (TPSA) is 26.3 Å². The maximum Gasteiger partial charge on any atom is 0.197 e. The zero-order valence-corrected chi connectivity index (χ0v) is 12.6. The van der Waals surface area contributed by atoms with Crippen LogP contribution in [-0.2, 0) is 0 Å². The number of carbonyl (C=O) groups is 1. The first-order valence-electron chi connectivity index (χ1n) is 6.35. The normalized spacial score (nSPS) is 10.3. The van der Waals surface area contributed by atoms with Gasteiger partial charge in [-0.2, -0.15) is 0 Å². The molecule has 0 bridgehead atoms. The molecule has 0 fully saturated rings. The summed E-state index contributed by atoms with van der Waals surface area (Å²) in [6.07, 6.45) is 0.919. The number of hydrogen-bond acceptors (Lipinski definition) is 2. The lowest BCUT2D eigenvalue weighted by Crippen LogP contribution is -2.05. The molecule has 0 N–H and O–H groups in total. The van der Waals surface area contributed by atoms with Crippen LogP contribution in [0.4, 0.5) is 4.39 Å². The van der Waals surface area contributed by atoms with Crippen LogP contribution < -0.4 is 4.74 Å². The zero-order valence-electron chi connectivity index (χ0n) is 11.0. The van der Waals surface area contributed by atoms with Crippen LogP contribution >= 0.6 is 15.9 Å². The van der Waals surface area contributed by atoms with Crippen LogP contribution in [0.25, 0.3) is 0 Å². The number of ether oxygens (including phenoxy) is 1. The molecule has 2 nitrogen and oxygen atoms in total. The van der Waals surface area contributed by atoms with Gasteiger partial charge in [-0.1, -0.05) is 13.0 Å². The largest absolute Gasteiger partial charge is 0.494 e. The zero-order chi connectivity index (χ0) is 14.5. The van der Waals surface area contributed by atoms with Gasteiger partial charge in [-0.15, -0.1) is 0 Å². The predicted molar refractivity (Wildman–Crippen MR) is 79.8 cm³/mol. The minimum atomic E-state index is -0.532. The maximum absolute atomic E-state index is 13.8. The van der Waals surface area contributed by atoms with Crippen LogP contribution in [0.2, 0.25) is 0 Å². The summed E-state index contributed by atoms with van der Waals surface area (Å²) in [5.74, 6) is -0.177. The second kappa shape index (κ2) is 6.66. The first kappa shape index (κ1) is 14.7. The first-order valence-corrected chi connectivity index (χ1v) is 7.14. The molecule has 2 rings (SSSR count). The van der Waals surface area contributed by atoms with Gasteiger partial charge in [0.1, 0.15) is 11.6 Å².